The molecule has 2 rings (SSSR count). The molecule has 1 aliphatic heterocycles. The molecule has 1 N–H and O–H groups in total. The number of hydrogen-bond acceptors (Lipinski definition) is 3. The second kappa shape index (κ2) is 5.83. The summed E-state index contributed by atoms with van der Waals surface area (Å²) < 4.78 is 5.17. The van der Waals surface area contributed by atoms with E-state index in [9.17, 15) is 0 Å². The van der Waals surface area contributed by atoms with E-state index in [1.807, 2.05) is 11.8 Å². The maximum Gasteiger partial charge on any atom is 0.0611 e. The Bertz CT molecular complexity index is 413. The average Bonchev–Trinajstić information content (AvgIpc) is 2.21. The van der Waals surface area contributed by atoms with Crippen LogP contribution >= 0.6 is 23.4 Å². The van der Waals surface area contributed by atoms with Crippen LogP contribution in [0.4, 0.5) is 0 Å². The van der Waals surface area contributed by atoms with Gasteiger partial charge in [-0.25, -0.2) is 0 Å². The van der Waals surface area contributed by atoms with Crippen molar-refractivity contribution < 1.29 is 4.74 Å². The fraction of sp³-hybridized carbons (Fsp3) is 0.571. The van der Waals surface area contributed by atoms with Gasteiger partial charge in [0.05, 0.1) is 23.5 Å². The van der Waals surface area contributed by atoms with E-state index in [0.29, 0.717) is 5.25 Å². The summed E-state index contributed by atoms with van der Waals surface area (Å²) in [5, 5.41) is 4.88. The highest BCUT2D eigenvalue weighted by atomic mass is 35.5. The van der Waals surface area contributed by atoms with Crippen molar-refractivity contribution in [2.24, 2.45) is 0 Å². The molecule has 1 aliphatic rings. The van der Waals surface area contributed by atoms with Crippen molar-refractivity contribution in [3.63, 3.8) is 0 Å². The van der Waals surface area contributed by atoms with Gasteiger partial charge in [-0.2, -0.15) is 0 Å². The van der Waals surface area contributed by atoms with E-state index in [1.165, 1.54) is 5.56 Å². The van der Waals surface area contributed by atoms with Gasteiger partial charge in [0.25, 0.3) is 0 Å². The third-order valence-electron chi connectivity index (χ3n) is 2.72. The van der Waals surface area contributed by atoms with Gasteiger partial charge in [-0.15, -0.1) is 11.8 Å². The van der Waals surface area contributed by atoms with Gasteiger partial charge < -0.3 is 10.1 Å². The van der Waals surface area contributed by atoms with Crippen LogP contribution in [0.5, 0.6) is 0 Å². The summed E-state index contributed by atoms with van der Waals surface area (Å²) in [4.78, 5) is 1.16. The molecule has 0 aromatic heterocycles. The topological polar surface area (TPSA) is 21.3 Å². The Balaban J connectivity index is 1.95. The number of ether oxygens (including phenoxy) is 1. The Morgan fingerprint density at radius 1 is 1.39 bits per heavy atom. The largest absolute Gasteiger partial charge is 0.379 e. The minimum absolute atomic E-state index is 0.128. The molecule has 2 nitrogen and oxygen atoms in total. The molecule has 100 valence electrons. The summed E-state index contributed by atoms with van der Waals surface area (Å²) in [7, 11) is 0. The molecular formula is C14H20ClNOS. The first-order chi connectivity index (χ1) is 8.44. The lowest BCUT2D eigenvalue weighted by Gasteiger charge is -2.25. The van der Waals surface area contributed by atoms with Crippen LogP contribution in [-0.2, 0) is 11.3 Å². The zero-order valence-electron chi connectivity index (χ0n) is 11.1. The van der Waals surface area contributed by atoms with E-state index in [0.717, 1.165) is 29.7 Å². The number of thioether (sulfide) groups is 1. The van der Waals surface area contributed by atoms with Crippen LogP contribution in [0.3, 0.4) is 0 Å². The van der Waals surface area contributed by atoms with Crippen molar-refractivity contribution in [3.05, 3.63) is 28.8 Å². The molecule has 0 aliphatic carbocycles. The number of nitrogens with one attached hydrogen (secondary N) is 1. The van der Waals surface area contributed by atoms with Gasteiger partial charge in [0.2, 0.25) is 0 Å². The van der Waals surface area contributed by atoms with E-state index in [2.05, 4.69) is 44.3 Å². The van der Waals surface area contributed by atoms with Crippen LogP contribution in [0, 0.1) is 0 Å². The molecule has 1 aromatic carbocycles. The van der Waals surface area contributed by atoms with E-state index in [1.54, 1.807) is 0 Å². The number of halogens is 1. The van der Waals surface area contributed by atoms with Crippen LogP contribution in [0.2, 0.25) is 5.02 Å². The van der Waals surface area contributed by atoms with Crippen LogP contribution in [0.25, 0.3) is 0 Å². The first-order valence-corrected chi connectivity index (χ1v) is 7.48. The van der Waals surface area contributed by atoms with Gasteiger partial charge in [0, 0.05) is 17.0 Å². The highest BCUT2D eigenvalue weighted by Gasteiger charge is 2.20. The zero-order chi connectivity index (χ0) is 13.2. The van der Waals surface area contributed by atoms with Crippen molar-refractivity contribution in [1.82, 2.24) is 5.32 Å². The highest BCUT2D eigenvalue weighted by molar-refractivity contribution is 8.00. The number of benzene rings is 1. The zero-order valence-corrected chi connectivity index (χ0v) is 12.7. The van der Waals surface area contributed by atoms with Gasteiger partial charge in [0.15, 0.2) is 0 Å². The Morgan fingerprint density at radius 2 is 2.11 bits per heavy atom. The smallest absolute Gasteiger partial charge is 0.0611 e. The summed E-state index contributed by atoms with van der Waals surface area (Å²) in [6.45, 7) is 9.02. The molecule has 0 atom stereocenters. The molecule has 0 amide bonds. The van der Waals surface area contributed by atoms with Gasteiger partial charge >= 0.3 is 0 Å². The third kappa shape index (κ3) is 4.16. The Hall–Kier alpha value is -0.220. The average molecular weight is 286 g/mol. The standard InChI is InChI=1S/C14H20ClNOS/c1-14(2,3)16-7-10-4-5-13(12(15)6-10)18-11-8-17-9-11/h4-6,11,16H,7-9H2,1-3H3. The molecule has 0 bridgehead atoms. The summed E-state index contributed by atoms with van der Waals surface area (Å²) in [6.07, 6.45) is 0. The van der Waals surface area contributed by atoms with Crippen molar-refractivity contribution in [3.8, 4) is 0 Å². The Kier molecular flexibility index (Phi) is 4.59. The van der Waals surface area contributed by atoms with Gasteiger partial charge in [-0.05, 0) is 38.5 Å². The molecule has 1 heterocycles. The monoisotopic (exact) mass is 285 g/mol. The highest BCUT2D eigenvalue weighted by Crippen LogP contribution is 2.33. The van der Waals surface area contributed by atoms with Crippen LogP contribution < -0.4 is 5.32 Å². The van der Waals surface area contributed by atoms with Crippen molar-refractivity contribution in [2.45, 2.75) is 43.0 Å². The molecule has 4 heteroatoms. The van der Waals surface area contributed by atoms with Gasteiger partial charge in [-0.1, -0.05) is 17.7 Å². The van der Waals surface area contributed by atoms with Crippen molar-refractivity contribution in [2.75, 3.05) is 13.2 Å². The quantitative estimate of drug-likeness (QED) is 0.911. The lowest BCUT2D eigenvalue weighted by Crippen LogP contribution is -2.35. The van der Waals surface area contributed by atoms with Crippen LogP contribution in [0.1, 0.15) is 26.3 Å². The number of rotatable bonds is 4. The molecule has 0 radical (unpaired) electrons. The maximum absolute atomic E-state index is 6.32. The van der Waals surface area contributed by atoms with E-state index < -0.39 is 0 Å². The maximum atomic E-state index is 6.32. The Morgan fingerprint density at radius 3 is 2.61 bits per heavy atom. The normalized spacial score (nSPS) is 16.7. The van der Waals surface area contributed by atoms with E-state index in [4.69, 9.17) is 16.3 Å². The van der Waals surface area contributed by atoms with Crippen LogP contribution in [0.15, 0.2) is 23.1 Å². The first kappa shape index (κ1) is 14.2. The summed E-state index contributed by atoms with van der Waals surface area (Å²) >= 11 is 8.13. The molecule has 18 heavy (non-hydrogen) atoms. The third-order valence-corrected chi connectivity index (χ3v) is 4.36. The van der Waals surface area contributed by atoms with Gasteiger partial charge in [0.1, 0.15) is 0 Å². The molecule has 0 unspecified atom stereocenters. The SMILES string of the molecule is CC(C)(C)NCc1ccc(SC2COC2)c(Cl)c1. The lowest BCUT2D eigenvalue weighted by atomic mass is 10.1. The molecule has 0 spiro atoms. The first-order valence-electron chi connectivity index (χ1n) is 6.22. The van der Waals surface area contributed by atoms with Gasteiger partial charge in [-0.3, -0.25) is 0 Å². The van der Waals surface area contributed by atoms with E-state index in [-0.39, 0.29) is 5.54 Å². The Labute approximate surface area is 118 Å². The number of hydrogen-bond donors (Lipinski definition) is 1. The minimum Gasteiger partial charge on any atom is -0.379 e. The summed E-state index contributed by atoms with van der Waals surface area (Å²) in [5.74, 6) is 0. The van der Waals surface area contributed by atoms with Crippen LogP contribution in [-0.4, -0.2) is 24.0 Å². The molecule has 1 saturated heterocycles. The minimum atomic E-state index is 0.128. The predicted molar refractivity (Wildman–Crippen MR) is 78.5 cm³/mol. The van der Waals surface area contributed by atoms with Crippen molar-refractivity contribution in [1.29, 1.82) is 0 Å². The fourth-order valence-electron chi connectivity index (χ4n) is 1.58. The van der Waals surface area contributed by atoms with Crippen molar-refractivity contribution >= 4 is 23.4 Å². The second-order valence-corrected chi connectivity index (χ2v) is 7.40. The predicted octanol–water partition coefficient (Wildman–Crippen LogP) is 3.72. The lowest BCUT2D eigenvalue weighted by molar-refractivity contribution is 0.0455. The molecule has 1 aromatic rings. The second-order valence-electron chi connectivity index (χ2n) is 5.65. The fourth-order valence-corrected chi connectivity index (χ4v) is 2.92. The molecular weight excluding hydrogens is 266 g/mol. The van der Waals surface area contributed by atoms with E-state index >= 15 is 0 Å². The summed E-state index contributed by atoms with van der Waals surface area (Å²) in [6, 6.07) is 6.32. The molecule has 1 fully saturated rings. The summed E-state index contributed by atoms with van der Waals surface area (Å²) in [5.41, 5.74) is 1.35. The molecule has 0 saturated carbocycles.